The standard InChI is InChI=1S/C29H36N4O4.C25H28N4O4.C23H27N5O2/c1-29(2,3)37-28(35)22-8-10-24(11-9-22)31-19-21-17-23(27(34)25(18-21)36-4)20-32-13-15-33(16-14-32)26-7-5-6-12-30-26;1-33-22-15-18(16-27-21-7-5-19(6-8-21)25(31)32)14-20(24(22)30)17-28-10-12-29(13-11-28)23-4-2-3-9-26-23;1-30-20-15-18(16-26-21-6-2-4-8-24-21)14-19(23(20)29)17-27-10-12-28(13-11-27)22-7-3-5-9-25-22/h5-12,17-18,31,34H,13-16,19-20H2,1-4H3;2-9,14-15,27,30H,10-13,16-17H2,1H3,(H,31,32);2-9,14-15,29H,10-13,16-17H2,1H3,(H,24,26). The molecule has 3 aliphatic rings. The Kier molecular flexibility index (Phi) is 25.2. The van der Waals surface area contributed by atoms with Gasteiger partial charge in [0.2, 0.25) is 0 Å². The second-order valence-corrected chi connectivity index (χ2v) is 25.5. The molecule has 0 atom stereocenters. The number of hydrogen-bond donors (Lipinski definition) is 7. The number of rotatable bonds is 23. The lowest BCUT2D eigenvalue weighted by Crippen LogP contribution is -2.46. The molecule has 0 unspecified atom stereocenters. The highest BCUT2D eigenvalue weighted by molar-refractivity contribution is 5.90. The predicted octanol–water partition coefficient (Wildman–Crippen LogP) is 11.2. The number of phenolic OH excluding ortho intramolecular Hbond substituents is 3. The van der Waals surface area contributed by atoms with E-state index < -0.39 is 11.6 Å². The largest absolute Gasteiger partial charge is 0.504 e. The Morgan fingerprint density at radius 1 is 0.420 bits per heavy atom. The maximum atomic E-state index is 12.3. The van der Waals surface area contributed by atoms with Gasteiger partial charge in [-0.15, -0.1) is 0 Å². The van der Waals surface area contributed by atoms with E-state index in [2.05, 4.69) is 65.3 Å². The Balaban J connectivity index is 0.000000163. The van der Waals surface area contributed by atoms with Crippen molar-refractivity contribution in [2.45, 2.75) is 65.6 Å². The van der Waals surface area contributed by atoms with E-state index in [-0.39, 0.29) is 28.8 Å². The van der Waals surface area contributed by atoms with E-state index in [1.54, 1.807) is 63.9 Å². The summed E-state index contributed by atoms with van der Waals surface area (Å²) >= 11 is 0. The third-order valence-corrected chi connectivity index (χ3v) is 17.3. The van der Waals surface area contributed by atoms with Crippen LogP contribution in [0.5, 0.6) is 34.5 Å². The second-order valence-electron chi connectivity index (χ2n) is 25.5. The second kappa shape index (κ2) is 35.1. The fraction of sp³-hybridized carbons (Fsp3) is 0.325. The number of ether oxygens (including phenoxy) is 4. The molecule has 0 aliphatic carbocycles. The number of pyridine rings is 4. The van der Waals surface area contributed by atoms with Gasteiger partial charge in [0.25, 0.3) is 0 Å². The molecule has 3 saturated heterocycles. The maximum absolute atomic E-state index is 12.3. The van der Waals surface area contributed by atoms with Crippen LogP contribution in [0.3, 0.4) is 0 Å². The third kappa shape index (κ3) is 20.6. The Morgan fingerprint density at radius 2 is 0.750 bits per heavy atom. The molecule has 0 saturated carbocycles. The van der Waals surface area contributed by atoms with Crippen molar-refractivity contribution in [2.75, 3.05) is 131 Å². The fourth-order valence-corrected chi connectivity index (χ4v) is 11.9. The van der Waals surface area contributed by atoms with Gasteiger partial charge in [-0.3, -0.25) is 14.7 Å². The van der Waals surface area contributed by atoms with Crippen LogP contribution < -0.4 is 44.9 Å². The SMILES string of the molecule is COc1cc(CNc2ccc(C(=O)O)cc2)cc(CN2CCN(c3ccccn3)CC2)c1O.COc1cc(CNc2ccc(C(=O)OC(C)(C)C)cc2)cc(CN2CCN(c3ccccn3)CC2)c1O.COc1cc(CNc2ccccn2)cc(CN2CCN(c3ccccn3)CC2)c1O. The molecule has 9 aromatic rings. The van der Waals surface area contributed by atoms with Crippen molar-refractivity contribution in [2.24, 2.45) is 0 Å². The number of aromatic hydroxyl groups is 3. The summed E-state index contributed by atoms with van der Waals surface area (Å²) in [5.41, 5.74) is 7.45. The molecule has 3 fully saturated rings. The molecule has 0 bridgehead atoms. The minimum atomic E-state index is -0.949. The molecule has 23 heteroatoms. The van der Waals surface area contributed by atoms with Crippen molar-refractivity contribution in [3.8, 4) is 34.5 Å². The molecule has 100 heavy (non-hydrogen) atoms. The van der Waals surface area contributed by atoms with Gasteiger partial charge in [-0.25, -0.2) is 29.5 Å². The van der Waals surface area contributed by atoms with Gasteiger partial charge in [0.15, 0.2) is 34.5 Å². The summed E-state index contributed by atoms with van der Waals surface area (Å²) in [5, 5.41) is 51.2. The van der Waals surface area contributed by atoms with Crippen LogP contribution in [0.4, 0.5) is 34.6 Å². The van der Waals surface area contributed by atoms with Gasteiger partial charge >= 0.3 is 11.9 Å². The number of aromatic nitrogens is 4. The number of phenols is 3. The van der Waals surface area contributed by atoms with Crippen molar-refractivity contribution >= 4 is 46.6 Å². The highest BCUT2D eigenvalue weighted by Gasteiger charge is 2.25. The van der Waals surface area contributed by atoms with Crippen molar-refractivity contribution in [1.82, 2.24) is 34.6 Å². The molecule has 7 N–H and O–H groups in total. The lowest BCUT2D eigenvalue weighted by Gasteiger charge is -2.35. The van der Waals surface area contributed by atoms with Gasteiger partial charge in [-0.2, -0.15) is 0 Å². The number of anilines is 6. The molecule has 0 spiro atoms. The molecule has 0 radical (unpaired) electrons. The van der Waals surface area contributed by atoms with Crippen LogP contribution in [0.2, 0.25) is 0 Å². The van der Waals surface area contributed by atoms with Crippen LogP contribution in [0.25, 0.3) is 0 Å². The normalized spacial score (nSPS) is 14.3. The average molecular weight is 1360 g/mol. The van der Waals surface area contributed by atoms with Crippen molar-refractivity contribution < 1.29 is 49.0 Å². The monoisotopic (exact) mass is 1360 g/mol. The van der Waals surface area contributed by atoms with Crippen LogP contribution >= 0.6 is 0 Å². The van der Waals surface area contributed by atoms with Crippen LogP contribution in [0, 0.1) is 0 Å². The third-order valence-electron chi connectivity index (χ3n) is 17.3. The zero-order valence-electron chi connectivity index (χ0n) is 57.8. The molecule has 5 aromatic carbocycles. The van der Waals surface area contributed by atoms with Gasteiger partial charge < -0.3 is 70.0 Å². The first kappa shape index (κ1) is 71.9. The Morgan fingerprint density at radius 3 is 1.05 bits per heavy atom. The molecule has 524 valence electrons. The van der Waals surface area contributed by atoms with Gasteiger partial charge in [-0.1, -0.05) is 24.3 Å². The zero-order valence-corrected chi connectivity index (χ0v) is 57.8. The van der Waals surface area contributed by atoms with Crippen molar-refractivity contribution in [3.63, 3.8) is 0 Å². The van der Waals surface area contributed by atoms with E-state index in [0.29, 0.717) is 62.1 Å². The van der Waals surface area contributed by atoms with E-state index in [0.717, 1.165) is 147 Å². The number of carbonyl (C=O) groups excluding carboxylic acids is 1. The molecule has 3 aliphatic heterocycles. The average Bonchev–Trinajstić information content (AvgIpc) is 0.837. The summed E-state index contributed by atoms with van der Waals surface area (Å²) in [6, 6.07) is 49.1. The number of carboxylic acids is 1. The highest BCUT2D eigenvalue weighted by Crippen LogP contribution is 2.36. The van der Waals surface area contributed by atoms with Crippen molar-refractivity contribution in [3.05, 3.63) is 227 Å². The molecule has 23 nitrogen and oxygen atoms in total. The zero-order chi connectivity index (χ0) is 70.4. The maximum Gasteiger partial charge on any atom is 0.338 e. The smallest absolute Gasteiger partial charge is 0.338 e. The number of esters is 1. The number of aromatic carboxylic acids is 1. The first-order chi connectivity index (χ1) is 48.5. The van der Waals surface area contributed by atoms with Gasteiger partial charge in [0.05, 0.1) is 32.5 Å². The van der Waals surface area contributed by atoms with E-state index in [1.165, 1.54) is 0 Å². The summed E-state index contributed by atoms with van der Waals surface area (Å²) < 4.78 is 21.7. The first-order valence-electron chi connectivity index (χ1n) is 33.6. The van der Waals surface area contributed by atoms with Gasteiger partial charge in [0, 0.05) is 171 Å². The summed E-state index contributed by atoms with van der Waals surface area (Å²) in [6.45, 7) is 19.8. The van der Waals surface area contributed by atoms with Crippen LogP contribution in [-0.4, -0.2) is 172 Å². The van der Waals surface area contributed by atoms with Crippen LogP contribution in [0.1, 0.15) is 74.9 Å². The summed E-state index contributed by atoms with van der Waals surface area (Å²) in [6.07, 6.45) is 7.22. The van der Waals surface area contributed by atoms with E-state index in [4.69, 9.17) is 24.1 Å². The van der Waals surface area contributed by atoms with Crippen LogP contribution in [-0.2, 0) is 44.0 Å². The lowest BCUT2D eigenvalue weighted by atomic mass is 10.1. The Bertz CT molecular complexity index is 4040. The van der Waals surface area contributed by atoms with Crippen LogP contribution in [0.15, 0.2) is 183 Å². The topological polar surface area (TPSA) is 259 Å². The minimum absolute atomic E-state index is 0.166. The number of carbonyl (C=O) groups is 2. The Hall–Kier alpha value is -10.9. The molecule has 4 aromatic heterocycles. The highest BCUT2D eigenvalue weighted by atomic mass is 16.6. The number of nitrogens with one attached hydrogen (secondary N) is 3. The number of benzene rings is 5. The summed E-state index contributed by atoms with van der Waals surface area (Å²) in [5.74, 6) is 4.50. The number of carboxylic acid groups (broad SMARTS) is 1. The molecule has 7 heterocycles. The number of methoxy groups -OCH3 is 3. The van der Waals surface area contributed by atoms with E-state index >= 15 is 0 Å². The molecular weight excluding hydrogens is 1270 g/mol. The first-order valence-corrected chi connectivity index (χ1v) is 33.6. The van der Waals surface area contributed by atoms with Gasteiger partial charge in [0.1, 0.15) is 28.9 Å². The minimum Gasteiger partial charge on any atom is -0.504 e. The molecule has 0 amide bonds. The van der Waals surface area contributed by atoms with E-state index in [9.17, 15) is 24.9 Å². The number of piperazine rings is 3. The Labute approximate surface area is 585 Å². The quantitative estimate of drug-likeness (QED) is 0.0294. The predicted molar refractivity (Wildman–Crippen MR) is 390 cm³/mol. The van der Waals surface area contributed by atoms with Crippen molar-refractivity contribution in [1.29, 1.82) is 0 Å². The lowest BCUT2D eigenvalue weighted by molar-refractivity contribution is 0.00691. The number of hydrogen-bond acceptors (Lipinski definition) is 22. The fourth-order valence-electron chi connectivity index (χ4n) is 11.9. The number of nitrogens with zero attached hydrogens (tertiary/aromatic N) is 10. The van der Waals surface area contributed by atoms with Gasteiger partial charge in [-0.05, 0) is 171 Å². The molecule has 12 rings (SSSR count). The summed E-state index contributed by atoms with van der Waals surface area (Å²) in [4.78, 5) is 54.7. The summed E-state index contributed by atoms with van der Waals surface area (Å²) in [7, 11) is 4.70. The molecular formula is C77H91N13O10. The van der Waals surface area contributed by atoms with E-state index in [1.807, 2.05) is 161 Å².